The molecule has 2 aliphatic carbocycles. The van der Waals surface area contributed by atoms with E-state index in [9.17, 15) is 5.11 Å². The highest BCUT2D eigenvalue weighted by atomic mass is 16.5. The molecule has 2 saturated carbocycles. The number of ether oxygens (including phenoxy) is 2. The van der Waals surface area contributed by atoms with E-state index >= 15 is 0 Å². The van der Waals surface area contributed by atoms with Gasteiger partial charge in [-0.3, -0.25) is 0 Å². The van der Waals surface area contributed by atoms with Gasteiger partial charge in [-0.25, -0.2) is 0 Å². The van der Waals surface area contributed by atoms with Crippen LogP contribution in [0.4, 0.5) is 0 Å². The molecule has 0 aromatic heterocycles. The van der Waals surface area contributed by atoms with E-state index in [4.69, 9.17) is 9.47 Å². The molecule has 2 fully saturated rings. The van der Waals surface area contributed by atoms with Crippen molar-refractivity contribution in [2.45, 2.75) is 76.2 Å². The molecule has 0 aromatic carbocycles. The molecule has 0 saturated heterocycles. The fourth-order valence-electron chi connectivity index (χ4n) is 3.43. The van der Waals surface area contributed by atoms with Gasteiger partial charge in [-0.1, -0.05) is 6.92 Å². The lowest BCUT2D eigenvalue weighted by atomic mass is 9.89. The van der Waals surface area contributed by atoms with E-state index in [1.54, 1.807) is 7.11 Å². The van der Waals surface area contributed by atoms with Gasteiger partial charge in [0.1, 0.15) is 0 Å². The first-order chi connectivity index (χ1) is 9.69. The maximum Gasteiger partial charge on any atom is 0.0897 e. The van der Waals surface area contributed by atoms with E-state index in [0.29, 0.717) is 31.4 Å². The van der Waals surface area contributed by atoms with Crippen molar-refractivity contribution in [3.63, 3.8) is 0 Å². The Kier molecular flexibility index (Phi) is 6.75. The van der Waals surface area contributed by atoms with Crippen LogP contribution in [0.3, 0.4) is 0 Å². The van der Waals surface area contributed by atoms with Gasteiger partial charge in [0, 0.05) is 19.7 Å². The summed E-state index contributed by atoms with van der Waals surface area (Å²) in [4.78, 5) is 0. The van der Waals surface area contributed by atoms with E-state index in [1.165, 1.54) is 19.3 Å². The third kappa shape index (κ3) is 4.99. The highest BCUT2D eigenvalue weighted by Gasteiger charge is 2.27. The zero-order chi connectivity index (χ0) is 14.4. The maximum atomic E-state index is 10.0. The van der Waals surface area contributed by atoms with Crippen LogP contribution >= 0.6 is 0 Å². The number of hydrogen-bond acceptors (Lipinski definition) is 4. The topological polar surface area (TPSA) is 50.7 Å². The fraction of sp³-hybridized carbons (Fsp3) is 1.00. The fourth-order valence-corrected chi connectivity index (χ4v) is 3.43. The summed E-state index contributed by atoms with van der Waals surface area (Å²) >= 11 is 0. The van der Waals surface area contributed by atoms with Crippen LogP contribution in [0.5, 0.6) is 0 Å². The van der Waals surface area contributed by atoms with E-state index < -0.39 is 6.10 Å². The minimum atomic E-state index is -0.410. The summed E-state index contributed by atoms with van der Waals surface area (Å²) in [6, 6.07) is 0.394. The number of hydrogen-bond donors (Lipinski definition) is 2. The smallest absolute Gasteiger partial charge is 0.0897 e. The average molecular weight is 285 g/mol. The Balaban J connectivity index is 1.57. The molecule has 0 spiro atoms. The van der Waals surface area contributed by atoms with Crippen LogP contribution in [-0.2, 0) is 9.47 Å². The van der Waals surface area contributed by atoms with E-state index in [2.05, 4.69) is 12.2 Å². The molecular weight excluding hydrogens is 254 g/mol. The molecule has 3 atom stereocenters. The second-order valence-electron chi connectivity index (χ2n) is 6.59. The van der Waals surface area contributed by atoms with Gasteiger partial charge in [0.15, 0.2) is 0 Å². The van der Waals surface area contributed by atoms with E-state index in [0.717, 1.165) is 31.6 Å². The van der Waals surface area contributed by atoms with Gasteiger partial charge in [0.25, 0.3) is 0 Å². The van der Waals surface area contributed by atoms with Crippen LogP contribution in [0.25, 0.3) is 0 Å². The van der Waals surface area contributed by atoms with Crippen molar-refractivity contribution >= 4 is 0 Å². The van der Waals surface area contributed by atoms with Crippen molar-refractivity contribution in [3.05, 3.63) is 0 Å². The largest absolute Gasteiger partial charge is 0.389 e. The maximum absolute atomic E-state index is 10.0. The molecule has 2 N–H and O–H groups in total. The molecule has 0 aliphatic heterocycles. The standard InChI is InChI=1S/C16H31NO3/c1-12-6-8-14(9-7-12)20-11-13(18)10-17-15-4-3-5-16(15)19-2/h12-18H,3-11H2,1-2H3. The Hall–Kier alpha value is -0.160. The Morgan fingerprint density at radius 1 is 1.15 bits per heavy atom. The molecule has 0 bridgehead atoms. The molecule has 2 aliphatic rings. The zero-order valence-electron chi connectivity index (χ0n) is 13.0. The van der Waals surface area contributed by atoms with Crippen LogP contribution in [0.1, 0.15) is 51.9 Å². The minimum Gasteiger partial charge on any atom is -0.389 e. The first kappa shape index (κ1) is 16.2. The summed E-state index contributed by atoms with van der Waals surface area (Å²) in [6.07, 6.45) is 8.56. The predicted octanol–water partition coefficient (Wildman–Crippen LogP) is 2.10. The zero-order valence-corrected chi connectivity index (χ0v) is 13.0. The van der Waals surface area contributed by atoms with Gasteiger partial charge < -0.3 is 19.9 Å². The first-order valence-electron chi connectivity index (χ1n) is 8.25. The van der Waals surface area contributed by atoms with Crippen molar-refractivity contribution in [2.24, 2.45) is 5.92 Å². The number of nitrogens with one attached hydrogen (secondary N) is 1. The summed E-state index contributed by atoms with van der Waals surface area (Å²) < 4.78 is 11.3. The molecule has 0 amide bonds. The highest BCUT2D eigenvalue weighted by molar-refractivity contribution is 4.84. The Morgan fingerprint density at radius 2 is 1.90 bits per heavy atom. The summed E-state index contributed by atoms with van der Waals surface area (Å²) in [5.74, 6) is 0.842. The lowest BCUT2D eigenvalue weighted by molar-refractivity contribution is -0.0296. The predicted molar refractivity (Wildman–Crippen MR) is 79.8 cm³/mol. The van der Waals surface area contributed by atoms with Gasteiger partial charge in [0.2, 0.25) is 0 Å². The molecule has 0 heterocycles. The van der Waals surface area contributed by atoms with Gasteiger partial charge >= 0.3 is 0 Å². The lowest BCUT2D eigenvalue weighted by Crippen LogP contribution is -2.42. The van der Waals surface area contributed by atoms with Crippen LogP contribution in [0, 0.1) is 5.92 Å². The van der Waals surface area contributed by atoms with E-state index in [1.807, 2.05) is 0 Å². The van der Waals surface area contributed by atoms with Crippen molar-refractivity contribution in [1.82, 2.24) is 5.32 Å². The van der Waals surface area contributed by atoms with Crippen molar-refractivity contribution in [1.29, 1.82) is 0 Å². The number of aliphatic hydroxyl groups excluding tert-OH is 1. The number of methoxy groups -OCH3 is 1. The summed E-state index contributed by atoms with van der Waals surface area (Å²) in [7, 11) is 1.77. The van der Waals surface area contributed by atoms with Crippen molar-refractivity contribution in [3.8, 4) is 0 Å². The Labute approximate surface area is 123 Å². The molecule has 118 valence electrons. The van der Waals surface area contributed by atoms with Gasteiger partial charge in [-0.2, -0.15) is 0 Å². The van der Waals surface area contributed by atoms with Crippen LogP contribution in [0.2, 0.25) is 0 Å². The van der Waals surface area contributed by atoms with Crippen LogP contribution < -0.4 is 5.32 Å². The number of rotatable bonds is 7. The molecule has 4 heteroatoms. The van der Waals surface area contributed by atoms with Gasteiger partial charge in [-0.15, -0.1) is 0 Å². The monoisotopic (exact) mass is 285 g/mol. The second-order valence-corrected chi connectivity index (χ2v) is 6.59. The molecule has 4 nitrogen and oxygen atoms in total. The molecule has 0 aromatic rings. The molecule has 20 heavy (non-hydrogen) atoms. The SMILES string of the molecule is COC1CCCC1NCC(O)COC1CCC(C)CC1. The quantitative estimate of drug-likeness (QED) is 0.752. The number of aliphatic hydroxyl groups is 1. The summed E-state index contributed by atoms with van der Waals surface area (Å²) in [5, 5.41) is 13.4. The minimum absolute atomic E-state index is 0.308. The average Bonchev–Trinajstić information content (AvgIpc) is 2.92. The third-order valence-electron chi connectivity index (χ3n) is 4.86. The summed E-state index contributed by atoms with van der Waals surface area (Å²) in [5.41, 5.74) is 0. The van der Waals surface area contributed by atoms with Crippen LogP contribution in [-0.4, -0.2) is 49.7 Å². The summed E-state index contributed by atoms with van der Waals surface area (Å²) in [6.45, 7) is 3.37. The Morgan fingerprint density at radius 3 is 2.60 bits per heavy atom. The van der Waals surface area contributed by atoms with Gasteiger partial charge in [-0.05, 0) is 50.9 Å². The molecule has 2 rings (SSSR count). The van der Waals surface area contributed by atoms with Gasteiger partial charge in [0.05, 0.1) is 24.9 Å². The highest BCUT2D eigenvalue weighted by Crippen LogP contribution is 2.25. The Bertz CT molecular complexity index is 266. The normalized spacial score (nSPS) is 36.1. The third-order valence-corrected chi connectivity index (χ3v) is 4.86. The first-order valence-corrected chi connectivity index (χ1v) is 8.25. The molecular formula is C16H31NO3. The van der Waals surface area contributed by atoms with E-state index in [-0.39, 0.29) is 0 Å². The molecule has 3 unspecified atom stereocenters. The molecule has 0 radical (unpaired) electrons. The second kappa shape index (κ2) is 8.32. The van der Waals surface area contributed by atoms with Crippen LogP contribution in [0.15, 0.2) is 0 Å². The lowest BCUT2D eigenvalue weighted by Gasteiger charge is -2.27. The van der Waals surface area contributed by atoms with Crippen molar-refractivity contribution in [2.75, 3.05) is 20.3 Å². The van der Waals surface area contributed by atoms with Crippen molar-refractivity contribution < 1.29 is 14.6 Å².